The number of aliphatic hydroxyl groups excluding tert-OH is 1. The third kappa shape index (κ3) is 10.8. The van der Waals surface area contributed by atoms with Crippen molar-refractivity contribution in [3.05, 3.63) is 0 Å². The Balaban J connectivity index is 3.97. The topological polar surface area (TPSA) is 87.1 Å². The highest BCUT2D eigenvalue weighted by atomic mass is 16.5. The van der Waals surface area contributed by atoms with E-state index in [1.165, 1.54) is 12.8 Å². The van der Waals surface area contributed by atoms with Crippen LogP contribution >= 0.6 is 0 Å². The molecule has 0 saturated heterocycles. The largest absolute Gasteiger partial charge is 0.480 e. The van der Waals surface area contributed by atoms with E-state index in [0.29, 0.717) is 19.5 Å². The molecule has 0 radical (unpaired) electrons. The average molecular weight is 289 g/mol. The Morgan fingerprint density at radius 1 is 1.00 bits per heavy atom. The zero-order valence-corrected chi connectivity index (χ0v) is 12.3. The standard InChI is InChI=1S/C14H27NO5/c1-2-3-4-5-6-8-15(9-7-10-16)13(17)11-20-12-14(18)19/h16H,2-12H2,1H3,(H,18,19). The summed E-state index contributed by atoms with van der Waals surface area (Å²) in [5, 5.41) is 17.3. The first-order valence-electron chi connectivity index (χ1n) is 7.30. The summed E-state index contributed by atoms with van der Waals surface area (Å²) < 4.78 is 4.81. The van der Waals surface area contributed by atoms with Crippen LogP contribution in [0.3, 0.4) is 0 Å². The number of rotatable bonds is 13. The Bertz CT molecular complexity index is 270. The summed E-state index contributed by atoms with van der Waals surface area (Å²) in [5.41, 5.74) is 0. The molecule has 2 N–H and O–H groups in total. The van der Waals surface area contributed by atoms with Gasteiger partial charge in [0.25, 0.3) is 0 Å². The van der Waals surface area contributed by atoms with Crippen LogP contribution in [0, 0.1) is 0 Å². The molecule has 0 spiro atoms. The van der Waals surface area contributed by atoms with Crippen LogP contribution in [0.15, 0.2) is 0 Å². The van der Waals surface area contributed by atoms with E-state index in [-0.39, 0.29) is 19.1 Å². The van der Waals surface area contributed by atoms with Gasteiger partial charge in [-0.2, -0.15) is 0 Å². The van der Waals surface area contributed by atoms with E-state index >= 15 is 0 Å². The SMILES string of the molecule is CCCCCCCN(CCCO)C(=O)COCC(=O)O. The van der Waals surface area contributed by atoms with Gasteiger partial charge in [-0.1, -0.05) is 32.6 Å². The summed E-state index contributed by atoms with van der Waals surface area (Å²) in [5.74, 6) is -1.30. The Labute approximate surface area is 120 Å². The molecule has 0 aliphatic heterocycles. The fraction of sp³-hybridized carbons (Fsp3) is 0.857. The lowest BCUT2D eigenvalue weighted by Crippen LogP contribution is -2.36. The first-order valence-corrected chi connectivity index (χ1v) is 7.30. The summed E-state index contributed by atoms with van der Waals surface area (Å²) in [7, 11) is 0. The molecule has 0 unspecified atom stereocenters. The van der Waals surface area contributed by atoms with E-state index in [1.54, 1.807) is 4.90 Å². The molecule has 0 saturated carbocycles. The summed E-state index contributed by atoms with van der Waals surface area (Å²) in [6.45, 7) is 2.63. The number of ether oxygens (including phenoxy) is 1. The quantitative estimate of drug-likeness (QED) is 0.499. The van der Waals surface area contributed by atoms with Gasteiger partial charge >= 0.3 is 5.97 Å². The Morgan fingerprint density at radius 2 is 1.65 bits per heavy atom. The van der Waals surface area contributed by atoms with Crippen LogP contribution in [0.2, 0.25) is 0 Å². The number of carboxylic acids is 1. The van der Waals surface area contributed by atoms with Crippen molar-refractivity contribution >= 4 is 11.9 Å². The van der Waals surface area contributed by atoms with Gasteiger partial charge in [0.15, 0.2) is 0 Å². The van der Waals surface area contributed by atoms with Crippen LogP contribution in [0.1, 0.15) is 45.4 Å². The van der Waals surface area contributed by atoms with Crippen molar-refractivity contribution in [2.45, 2.75) is 45.4 Å². The van der Waals surface area contributed by atoms with Gasteiger partial charge in [0.05, 0.1) is 0 Å². The van der Waals surface area contributed by atoms with Gasteiger partial charge in [0.1, 0.15) is 13.2 Å². The Kier molecular flexibility index (Phi) is 12.1. The second kappa shape index (κ2) is 12.9. The zero-order valence-electron chi connectivity index (χ0n) is 12.3. The van der Waals surface area contributed by atoms with Gasteiger partial charge in [-0.3, -0.25) is 4.79 Å². The molecule has 0 bridgehead atoms. The lowest BCUT2D eigenvalue weighted by Gasteiger charge is -2.22. The molecule has 0 aromatic carbocycles. The second-order valence-electron chi connectivity index (χ2n) is 4.76. The molecule has 0 aromatic rings. The van der Waals surface area contributed by atoms with Crippen LogP contribution in [0.5, 0.6) is 0 Å². The van der Waals surface area contributed by atoms with Crippen molar-refractivity contribution in [3.63, 3.8) is 0 Å². The molecule has 0 fully saturated rings. The van der Waals surface area contributed by atoms with Crippen molar-refractivity contribution in [2.75, 3.05) is 32.9 Å². The van der Waals surface area contributed by atoms with Gasteiger partial charge in [0.2, 0.25) is 5.91 Å². The van der Waals surface area contributed by atoms with Crippen molar-refractivity contribution in [1.82, 2.24) is 4.90 Å². The highest BCUT2D eigenvalue weighted by Gasteiger charge is 2.13. The van der Waals surface area contributed by atoms with Crippen molar-refractivity contribution in [2.24, 2.45) is 0 Å². The molecule has 0 aliphatic rings. The Hall–Kier alpha value is -1.14. The van der Waals surface area contributed by atoms with Crippen LogP contribution in [0.25, 0.3) is 0 Å². The summed E-state index contributed by atoms with van der Waals surface area (Å²) in [6, 6.07) is 0. The van der Waals surface area contributed by atoms with E-state index in [2.05, 4.69) is 6.92 Å². The van der Waals surface area contributed by atoms with Gasteiger partial charge in [-0.05, 0) is 12.8 Å². The highest BCUT2D eigenvalue weighted by molar-refractivity contribution is 5.78. The van der Waals surface area contributed by atoms with Crippen molar-refractivity contribution in [1.29, 1.82) is 0 Å². The molecule has 0 aromatic heterocycles. The molecule has 0 heterocycles. The third-order valence-electron chi connectivity index (χ3n) is 2.92. The number of unbranched alkanes of at least 4 members (excludes halogenated alkanes) is 4. The number of carboxylic acid groups (broad SMARTS) is 1. The molecule has 0 aliphatic carbocycles. The summed E-state index contributed by atoms with van der Waals surface area (Å²) >= 11 is 0. The van der Waals surface area contributed by atoms with Crippen molar-refractivity contribution in [3.8, 4) is 0 Å². The number of carbonyl (C=O) groups excluding carboxylic acids is 1. The van der Waals surface area contributed by atoms with E-state index in [0.717, 1.165) is 19.3 Å². The van der Waals surface area contributed by atoms with Crippen LogP contribution in [0.4, 0.5) is 0 Å². The predicted molar refractivity (Wildman–Crippen MR) is 75.5 cm³/mol. The van der Waals surface area contributed by atoms with Gasteiger partial charge in [0, 0.05) is 19.7 Å². The van der Waals surface area contributed by atoms with E-state index in [1.807, 2.05) is 0 Å². The van der Waals surface area contributed by atoms with Gasteiger partial charge < -0.3 is 19.8 Å². The molecule has 0 rings (SSSR count). The maximum Gasteiger partial charge on any atom is 0.329 e. The Morgan fingerprint density at radius 3 is 2.25 bits per heavy atom. The number of nitrogens with zero attached hydrogens (tertiary/aromatic N) is 1. The molecular weight excluding hydrogens is 262 g/mol. The van der Waals surface area contributed by atoms with Gasteiger partial charge in [-0.25, -0.2) is 4.79 Å². The van der Waals surface area contributed by atoms with E-state index in [4.69, 9.17) is 14.9 Å². The number of aliphatic hydroxyl groups is 1. The van der Waals surface area contributed by atoms with Crippen LogP contribution in [-0.4, -0.2) is 59.9 Å². The molecular formula is C14H27NO5. The first kappa shape index (κ1) is 18.9. The van der Waals surface area contributed by atoms with Crippen molar-refractivity contribution < 1.29 is 24.5 Å². The van der Waals surface area contributed by atoms with Crippen LogP contribution in [-0.2, 0) is 14.3 Å². The fourth-order valence-corrected chi connectivity index (χ4v) is 1.85. The second-order valence-corrected chi connectivity index (χ2v) is 4.76. The minimum absolute atomic E-state index is 0.0373. The van der Waals surface area contributed by atoms with Gasteiger partial charge in [-0.15, -0.1) is 0 Å². The number of carbonyl (C=O) groups is 2. The minimum atomic E-state index is -1.08. The molecule has 6 heteroatoms. The summed E-state index contributed by atoms with van der Waals surface area (Å²) in [6.07, 6.45) is 6.07. The lowest BCUT2D eigenvalue weighted by molar-refractivity contribution is -0.145. The normalized spacial score (nSPS) is 10.5. The fourth-order valence-electron chi connectivity index (χ4n) is 1.85. The number of hydrogen-bond donors (Lipinski definition) is 2. The lowest BCUT2D eigenvalue weighted by atomic mass is 10.1. The maximum atomic E-state index is 11.9. The molecule has 118 valence electrons. The smallest absolute Gasteiger partial charge is 0.329 e. The number of hydrogen-bond acceptors (Lipinski definition) is 4. The van der Waals surface area contributed by atoms with E-state index in [9.17, 15) is 9.59 Å². The third-order valence-corrected chi connectivity index (χ3v) is 2.92. The van der Waals surface area contributed by atoms with Crippen LogP contribution < -0.4 is 0 Å². The highest BCUT2D eigenvalue weighted by Crippen LogP contribution is 2.05. The predicted octanol–water partition coefficient (Wildman–Crippen LogP) is 1.27. The molecule has 20 heavy (non-hydrogen) atoms. The number of aliphatic carboxylic acids is 1. The summed E-state index contributed by atoms with van der Waals surface area (Å²) in [4.78, 5) is 23.8. The maximum absolute atomic E-state index is 11.9. The van der Waals surface area contributed by atoms with E-state index < -0.39 is 12.6 Å². The average Bonchev–Trinajstić information content (AvgIpc) is 2.41. The molecule has 0 atom stereocenters. The minimum Gasteiger partial charge on any atom is -0.480 e. The molecule has 6 nitrogen and oxygen atoms in total. The molecule has 1 amide bonds. The monoisotopic (exact) mass is 289 g/mol. The number of amides is 1. The first-order chi connectivity index (χ1) is 9.61. The zero-order chi connectivity index (χ0) is 15.2.